The second-order valence-corrected chi connectivity index (χ2v) is 7.46. The minimum absolute atomic E-state index is 0. The number of guanidine groups is 1. The van der Waals surface area contributed by atoms with E-state index in [1.54, 1.807) is 7.11 Å². The van der Waals surface area contributed by atoms with Crippen molar-refractivity contribution in [2.24, 2.45) is 4.99 Å². The van der Waals surface area contributed by atoms with Gasteiger partial charge in [-0.1, -0.05) is 17.7 Å². The molecule has 28 heavy (non-hydrogen) atoms. The molecular weight excluding hydrogens is 467 g/mol. The fraction of sp³-hybridized carbons (Fsp3) is 0.667. The van der Waals surface area contributed by atoms with Crippen molar-refractivity contribution in [1.82, 2.24) is 15.5 Å². The van der Waals surface area contributed by atoms with Gasteiger partial charge < -0.3 is 20.1 Å². The summed E-state index contributed by atoms with van der Waals surface area (Å²) in [5.74, 6) is 1.80. The van der Waals surface area contributed by atoms with Gasteiger partial charge in [0.15, 0.2) is 5.96 Å². The van der Waals surface area contributed by atoms with Gasteiger partial charge in [-0.3, -0.25) is 9.89 Å². The van der Waals surface area contributed by atoms with Crippen molar-refractivity contribution in [2.45, 2.75) is 45.3 Å². The van der Waals surface area contributed by atoms with Gasteiger partial charge in [0.25, 0.3) is 0 Å². The number of nitrogens with zero attached hydrogens (tertiary/aromatic N) is 2. The number of nitrogens with one attached hydrogen (secondary N) is 2. The van der Waals surface area contributed by atoms with Crippen LogP contribution in [0.15, 0.2) is 23.2 Å². The van der Waals surface area contributed by atoms with Gasteiger partial charge in [0, 0.05) is 25.7 Å². The highest BCUT2D eigenvalue weighted by molar-refractivity contribution is 14.0. The summed E-state index contributed by atoms with van der Waals surface area (Å²) in [7, 11) is 1.72. The van der Waals surface area contributed by atoms with E-state index in [2.05, 4.69) is 41.5 Å². The number of ether oxygens (including phenoxy) is 2. The van der Waals surface area contributed by atoms with Crippen LogP contribution in [0.3, 0.4) is 0 Å². The van der Waals surface area contributed by atoms with Gasteiger partial charge >= 0.3 is 0 Å². The first kappa shape index (κ1) is 23.2. The molecule has 0 radical (unpaired) electrons. The molecule has 2 fully saturated rings. The lowest BCUT2D eigenvalue weighted by Crippen LogP contribution is -2.47. The summed E-state index contributed by atoms with van der Waals surface area (Å²) in [6, 6.07) is 6.94. The lowest BCUT2D eigenvalue weighted by atomic mass is 10.1. The van der Waals surface area contributed by atoms with Crippen LogP contribution in [0.5, 0.6) is 5.75 Å². The molecule has 6 nitrogen and oxygen atoms in total. The molecule has 2 atom stereocenters. The normalized spacial score (nSPS) is 22.3. The van der Waals surface area contributed by atoms with Crippen LogP contribution in [0.1, 0.15) is 30.9 Å². The Morgan fingerprint density at radius 1 is 1.36 bits per heavy atom. The molecule has 2 aliphatic heterocycles. The van der Waals surface area contributed by atoms with Gasteiger partial charge in [-0.05, 0) is 51.3 Å². The van der Waals surface area contributed by atoms with Gasteiger partial charge in [-0.25, -0.2) is 0 Å². The molecule has 7 heteroatoms. The van der Waals surface area contributed by atoms with E-state index in [-0.39, 0.29) is 30.1 Å². The summed E-state index contributed by atoms with van der Waals surface area (Å²) in [4.78, 5) is 7.32. The standard InChI is InChI=1S/C21H34N4O2.HI/c1-4-22-21(23-10-9-17-12-16(2)7-8-20(17)26-3)24-13-19-14-25-11-5-6-18(25)15-27-19;/h7-8,12,18-19H,4-6,9-11,13-15H2,1-3H3,(H2,22,23,24);1H. The smallest absolute Gasteiger partial charge is 0.191 e. The number of morpholine rings is 1. The molecule has 1 aromatic carbocycles. The molecule has 2 saturated heterocycles. The van der Waals surface area contributed by atoms with Crippen LogP contribution in [-0.2, 0) is 11.2 Å². The van der Waals surface area contributed by atoms with Crippen molar-refractivity contribution in [2.75, 3.05) is 46.4 Å². The molecule has 158 valence electrons. The van der Waals surface area contributed by atoms with E-state index < -0.39 is 0 Å². The average molecular weight is 502 g/mol. The fourth-order valence-corrected chi connectivity index (χ4v) is 3.95. The minimum atomic E-state index is 0. The second-order valence-electron chi connectivity index (χ2n) is 7.46. The first-order valence-electron chi connectivity index (χ1n) is 10.2. The summed E-state index contributed by atoms with van der Waals surface area (Å²) in [5.41, 5.74) is 2.47. The highest BCUT2D eigenvalue weighted by atomic mass is 127. The lowest BCUT2D eigenvalue weighted by Gasteiger charge is -2.34. The number of fused-ring (bicyclic) bond motifs is 1. The van der Waals surface area contributed by atoms with Crippen molar-refractivity contribution in [3.63, 3.8) is 0 Å². The van der Waals surface area contributed by atoms with Crippen molar-refractivity contribution in [3.8, 4) is 5.75 Å². The maximum Gasteiger partial charge on any atom is 0.191 e. The largest absolute Gasteiger partial charge is 0.496 e. The van der Waals surface area contributed by atoms with Crippen LogP contribution in [0.25, 0.3) is 0 Å². The quantitative estimate of drug-likeness (QED) is 0.341. The average Bonchev–Trinajstić information content (AvgIpc) is 3.14. The lowest BCUT2D eigenvalue weighted by molar-refractivity contribution is -0.0432. The number of methoxy groups -OCH3 is 1. The zero-order valence-electron chi connectivity index (χ0n) is 17.4. The van der Waals surface area contributed by atoms with Crippen LogP contribution in [0, 0.1) is 6.92 Å². The Hall–Kier alpha value is -1.06. The van der Waals surface area contributed by atoms with E-state index in [0.717, 1.165) is 44.4 Å². The Kier molecular flexibility index (Phi) is 9.81. The third kappa shape index (κ3) is 6.49. The van der Waals surface area contributed by atoms with E-state index >= 15 is 0 Å². The van der Waals surface area contributed by atoms with Crippen molar-refractivity contribution in [1.29, 1.82) is 0 Å². The van der Waals surface area contributed by atoms with E-state index in [4.69, 9.17) is 14.5 Å². The van der Waals surface area contributed by atoms with Crippen molar-refractivity contribution in [3.05, 3.63) is 29.3 Å². The van der Waals surface area contributed by atoms with Crippen LogP contribution >= 0.6 is 24.0 Å². The number of halogens is 1. The van der Waals surface area contributed by atoms with E-state index in [1.165, 1.54) is 30.5 Å². The molecular formula is C21H35IN4O2. The summed E-state index contributed by atoms with van der Waals surface area (Å²) in [5, 5.41) is 6.77. The number of aryl methyl sites for hydroxylation is 1. The second kappa shape index (κ2) is 11.8. The highest BCUT2D eigenvalue weighted by Gasteiger charge is 2.31. The van der Waals surface area contributed by atoms with Crippen LogP contribution < -0.4 is 15.4 Å². The Morgan fingerprint density at radius 3 is 3.00 bits per heavy atom. The zero-order valence-corrected chi connectivity index (χ0v) is 19.7. The maximum atomic E-state index is 6.02. The number of aliphatic imine (C=N–C) groups is 1. The molecule has 2 N–H and O–H groups in total. The first-order chi connectivity index (χ1) is 13.2. The molecule has 0 spiro atoms. The number of hydrogen-bond acceptors (Lipinski definition) is 4. The third-order valence-electron chi connectivity index (χ3n) is 5.38. The fourth-order valence-electron chi connectivity index (χ4n) is 3.95. The molecule has 0 saturated carbocycles. The number of benzene rings is 1. The molecule has 3 rings (SSSR count). The molecule has 0 aliphatic carbocycles. The molecule has 2 heterocycles. The molecule has 0 bridgehead atoms. The monoisotopic (exact) mass is 502 g/mol. The summed E-state index contributed by atoms with van der Waals surface area (Å²) in [6.45, 7) is 9.64. The Morgan fingerprint density at radius 2 is 2.21 bits per heavy atom. The van der Waals surface area contributed by atoms with Gasteiger partial charge in [-0.2, -0.15) is 0 Å². The Bertz CT molecular complexity index is 641. The number of rotatable bonds is 7. The molecule has 2 aliphatic rings. The molecule has 2 unspecified atom stereocenters. The molecule has 0 aromatic heterocycles. The molecule has 1 aromatic rings. The van der Waals surface area contributed by atoms with E-state index in [0.29, 0.717) is 12.6 Å². The van der Waals surface area contributed by atoms with E-state index in [9.17, 15) is 0 Å². The summed E-state index contributed by atoms with van der Waals surface area (Å²) >= 11 is 0. The Labute approximate surface area is 186 Å². The van der Waals surface area contributed by atoms with Crippen molar-refractivity contribution >= 4 is 29.9 Å². The van der Waals surface area contributed by atoms with Gasteiger partial charge in [0.05, 0.1) is 26.4 Å². The SMILES string of the molecule is CCNC(=NCC1CN2CCCC2CO1)NCCc1cc(C)ccc1OC.I. The topological polar surface area (TPSA) is 58.1 Å². The summed E-state index contributed by atoms with van der Waals surface area (Å²) < 4.78 is 11.5. The maximum absolute atomic E-state index is 6.02. The first-order valence-corrected chi connectivity index (χ1v) is 10.2. The predicted octanol–water partition coefficient (Wildman–Crippen LogP) is 2.58. The highest BCUT2D eigenvalue weighted by Crippen LogP contribution is 2.22. The van der Waals surface area contributed by atoms with Gasteiger partial charge in [-0.15, -0.1) is 24.0 Å². The number of hydrogen-bond donors (Lipinski definition) is 2. The predicted molar refractivity (Wildman–Crippen MR) is 125 cm³/mol. The molecule has 0 amide bonds. The zero-order chi connectivity index (χ0) is 19.1. The van der Waals surface area contributed by atoms with Crippen LogP contribution in [0.4, 0.5) is 0 Å². The van der Waals surface area contributed by atoms with Crippen molar-refractivity contribution < 1.29 is 9.47 Å². The van der Waals surface area contributed by atoms with Crippen LogP contribution in [-0.4, -0.2) is 69.4 Å². The van der Waals surface area contributed by atoms with Gasteiger partial charge in [0.1, 0.15) is 5.75 Å². The van der Waals surface area contributed by atoms with Gasteiger partial charge in [0.2, 0.25) is 0 Å². The van der Waals surface area contributed by atoms with Crippen LogP contribution in [0.2, 0.25) is 0 Å². The Balaban J connectivity index is 0.00000280. The minimum Gasteiger partial charge on any atom is -0.496 e. The third-order valence-corrected chi connectivity index (χ3v) is 5.38. The summed E-state index contributed by atoms with van der Waals surface area (Å²) in [6.07, 6.45) is 3.68. The van der Waals surface area contributed by atoms with E-state index in [1.807, 2.05) is 6.07 Å².